The van der Waals surface area contributed by atoms with Gasteiger partial charge < -0.3 is 0 Å². The van der Waals surface area contributed by atoms with Crippen LogP contribution in [0.3, 0.4) is 0 Å². The molecule has 0 aromatic heterocycles. The van der Waals surface area contributed by atoms with Gasteiger partial charge in [-0.05, 0) is 24.6 Å². The Morgan fingerprint density at radius 2 is 1.63 bits per heavy atom. The van der Waals surface area contributed by atoms with E-state index < -0.39 is 34.8 Å². The second-order valence-corrected chi connectivity index (χ2v) is 3.93. The molecule has 0 bridgehead atoms. The Morgan fingerprint density at radius 3 is 2.05 bits per heavy atom. The van der Waals surface area contributed by atoms with Gasteiger partial charge in [0.2, 0.25) is 0 Å². The summed E-state index contributed by atoms with van der Waals surface area (Å²) < 4.78 is 75.3. The number of carbonyl (C=O) groups is 1. The predicted molar refractivity (Wildman–Crippen MR) is 55.7 cm³/mol. The fourth-order valence-corrected chi connectivity index (χ4v) is 1.56. The number of hydrogen-bond donors (Lipinski definition) is 0. The molecule has 19 heavy (non-hydrogen) atoms. The van der Waals surface area contributed by atoms with Crippen LogP contribution in [-0.2, 0) is 12.4 Å². The highest BCUT2D eigenvalue weighted by Crippen LogP contribution is 2.37. The van der Waals surface area contributed by atoms with Gasteiger partial charge in [-0.25, -0.2) is 0 Å². The Hall–Kier alpha value is -1.53. The molecule has 1 rings (SSSR count). The molecule has 0 aliphatic rings. The smallest absolute Gasteiger partial charge is 0.294 e. The van der Waals surface area contributed by atoms with E-state index in [0.717, 1.165) is 0 Å². The van der Waals surface area contributed by atoms with Crippen LogP contribution in [0, 0.1) is 0 Å². The summed E-state index contributed by atoms with van der Waals surface area (Å²) in [5.74, 6) is -0.944. The number of ketones is 1. The molecule has 106 valence electrons. The number of carbonyl (C=O) groups excluding carboxylic acids is 1. The molecule has 0 aliphatic carbocycles. The van der Waals surface area contributed by atoms with Gasteiger partial charge in [0.25, 0.3) is 0 Å². The van der Waals surface area contributed by atoms with Gasteiger partial charge in [-0.2, -0.15) is 26.3 Å². The number of benzene rings is 1. The van der Waals surface area contributed by atoms with Crippen molar-refractivity contribution in [3.05, 3.63) is 34.9 Å². The minimum atomic E-state index is -4.86. The normalized spacial score (nSPS) is 12.6. The highest BCUT2D eigenvalue weighted by Gasteiger charge is 2.38. The Balaban J connectivity index is 3.39. The van der Waals surface area contributed by atoms with Gasteiger partial charge in [0.1, 0.15) is 0 Å². The molecule has 0 aliphatic heterocycles. The second kappa shape index (κ2) is 5.22. The number of alkyl halides is 6. The molecule has 0 atom stereocenters. The van der Waals surface area contributed by atoms with Gasteiger partial charge in [-0.15, -0.1) is 0 Å². The lowest BCUT2D eigenvalue weighted by Crippen LogP contribution is -2.15. The zero-order chi connectivity index (χ0) is 14.8. The molecule has 1 aromatic rings. The van der Waals surface area contributed by atoms with Crippen molar-refractivity contribution < 1.29 is 31.1 Å². The number of rotatable bonds is 3. The first-order valence-corrected chi connectivity index (χ1v) is 5.39. The van der Waals surface area contributed by atoms with E-state index in [2.05, 4.69) is 0 Å². The van der Waals surface area contributed by atoms with Crippen LogP contribution in [0.15, 0.2) is 18.2 Å². The van der Waals surface area contributed by atoms with E-state index in [1.165, 1.54) is 0 Å². The van der Waals surface area contributed by atoms with Crippen molar-refractivity contribution in [3.63, 3.8) is 0 Å². The van der Waals surface area contributed by atoms with E-state index >= 15 is 0 Å². The van der Waals surface area contributed by atoms with Crippen LogP contribution >= 0.6 is 0 Å². The van der Waals surface area contributed by atoms with Crippen molar-refractivity contribution in [2.45, 2.75) is 32.1 Å². The SMILES string of the molecule is CCCC(=O)c1cc(C(F)(F)F)ccc1C(F)(F)F. The third kappa shape index (κ3) is 3.71. The number of Topliss-reactive ketones (excluding diaryl/α,β-unsaturated/α-hetero) is 1. The Morgan fingerprint density at radius 1 is 1.05 bits per heavy atom. The third-order valence-corrected chi connectivity index (χ3v) is 2.43. The van der Waals surface area contributed by atoms with Crippen LogP contribution in [0.1, 0.15) is 41.3 Å². The first-order chi connectivity index (χ1) is 8.57. The highest BCUT2D eigenvalue weighted by atomic mass is 19.4. The minimum absolute atomic E-state index is 0.232. The lowest BCUT2D eigenvalue weighted by Gasteiger charge is -2.14. The summed E-state index contributed by atoms with van der Waals surface area (Å²) >= 11 is 0. The summed E-state index contributed by atoms with van der Waals surface area (Å²) in [4.78, 5) is 11.5. The standard InChI is InChI=1S/C12H10F6O/c1-2-3-10(19)8-6-7(11(13,14)15)4-5-9(8)12(16,17)18/h4-6H,2-3H2,1H3. The molecule has 0 N–H and O–H groups in total. The zero-order valence-corrected chi connectivity index (χ0v) is 9.82. The quantitative estimate of drug-likeness (QED) is 0.580. The maximum atomic E-state index is 12.6. The molecule has 0 heterocycles. The number of halogens is 6. The van der Waals surface area contributed by atoms with Crippen LogP contribution in [-0.4, -0.2) is 5.78 Å². The average molecular weight is 284 g/mol. The monoisotopic (exact) mass is 284 g/mol. The molecule has 0 amide bonds. The molecular formula is C12H10F6O. The van der Waals surface area contributed by atoms with E-state index in [-0.39, 0.29) is 18.9 Å². The Labute approximate surface area is 105 Å². The molecule has 0 unspecified atom stereocenters. The van der Waals surface area contributed by atoms with Crippen LogP contribution < -0.4 is 0 Å². The predicted octanol–water partition coefficient (Wildman–Crippen LogP) is 4.71. The van der Waals surface area contributed by atoms with Crippen LogP contribution in [0.2, 0.25) is 0 Å². The summed E-state index contributed by atoms with van der Waals surface area (Å²) in [6, 6.07) is 0.887. The fourth-order valence-electron chi connectivity index (χ4n) is 1.56. The first-order valence-electron chi connectivity index (χ1n) is 5.39. The molecule has 0 fully saturated rings. The molecule has 0 saturated heterocycles. The van der Waals surface area contributed by atoms with Crippen LogP contribution in [0.25, 0.3) is 0 Å². The van der Waals surface area contributed by atoms with Gasteiger partial charge in [0.15, 0.2) is 5.78 Å². The van der Waals surface area contributed by atoms with Crippen molar-refractivity contribution >= 4 is 5.78 Å². The van der Waals surface area contributed by atoms with E-state index in [0.29, 0.717) is 12.1 Å². The summed E-state index contributed by atoms with van der Waals surface area (Å²) in [5.41, 5.74) is -3.52. The molecule has 0 saturated carbocycles. The van der Waals surface area contributed by atoms with E-state index in [1.807, 2.05) is 0 Å². The fraction of sp³-hybridized carbons (Fsp3) is 0.417. The van der Waals surface area contributed by atoms with Gasteiger partial charge in [-0.1, -0.05) is 6.92 Å². The largest absolute Gasteiger partial charge is 0.417 e. The number of hydrogen-bond acceptors (Lipinski definition) is 1. The van der Waals surface area contributed by atoms with Crippen LogP contribution in [0.5, 0.6) is 0 Å². The van der Waals surface area contributed by atoms with Gasteiger partial charge in [-0.3, -0.25) is 4.79 Å². The maximum absolute atomic E-state index is 12.6. The van der Waals surface area contributed by atoms with Crippen molar-refractivity contribution in [1.29, 1.82) is 0 Å². The lowest BCUT2D eigenvalue weighted by atomic mass is 9.97. The molecule has 7 heteroatoms. The average Bonchev–Trinajstić information content (AvgIpc) is 2.26. The van der Waals surface area contributed by atoms with E-state index in [9.17, 15) is 31.1 Å². The summed E-state index contributed by atoms with van der Waals surface area (Å²) in [5, 5.41) is 0. The van der Waals surface area contributed by atoms with Crippen molar-refractivity contribution in [2.24, 2.45) is 0 Å². The Bertz CT molecular complexity index is 472. The molecule has 0 spiro atoms. The minimum Gasteiger partial charge on any atom is -0.294 e. The second-order valence-electron chi connectivity index (χ2n) is 3.93. The van der Waals surface area contributed by atoms with Crippen molar-refractivity contribution in [2.75, 3.05) is 0 Å². The van der Waals surface area contributed by atoms with Gasteiger partial charge in [0, 0.05) is 12.0 Å². The highest BCUT2D eigenvalue weighted by molar-refractivity contribution is 5.97. The molecule has 1 nitrogen and oxygen atoms in total. The summed E-state index contributed by atoms with van der Waals surface area (Å²) in [7, 11) is 0. The van der Waals surface area contributed by atoms with Crippen LogP contribution in [0.4, 0.5) is 26.3 Å². The summed E-state index contributed by atoms with van der Waals surface area (Å²) in [6.45, 7) is 1.55. The van der Waals surface area contributed by atoms with Crippen molar-refractivity contribution in [1.82, 2.24) is 0 Å². The third-order valence-electron chi connectivity index (χ3n) is 2.43. The maximum Gasteiger partial charge on any atom is 0.417 e. The topological polar surface area (TPSA) is 17.1 Å². The van der Waals surface area contributed by atoms with Gasteiger partial charge in [0.05, 0.1) is 11.1 Å². The molecular weight excluding hydrogens is 274 g/mol. The van der Waals surface area contributed by atoms with E-state index in [4.69, 9.17) is 0 Å². The molecule has 0 radical (unpaired) electrons. The lowest BCUT2D eigenvalue weighted by molar-refractivity contribution is -0.141. The summed E-state index contributed by atoms with van der Waals surface area (Å²) in [6.07, 6.45) is -9.62. The van der Waals surface area contributed by atoms with E-state index in [1.54, 1.807) is 6.92 Å². The molecule has 1 aromatic carbocycles. The first kappa shape index (κ1) is 15.5. The van der Waals surface area contributed by atoms with Crippen molar-refractivity contribution in [3.8, 4) is 0 Å². The zero-order valence-electron chi connectivity index (χ0n) is 9.82. The Kier molecular flexibility index (Phi) is 4.27. The van der Waals surface area contributed by atoms with Gasteiger partial charge >= 0.3 is 12.4 Å².